The highest BCUT2D eigenvalue weighted by molar-refractivity contribution is 7.89. The lowest BCUT2D eigenvalue weighted by molar-refractivity contribution is -0.143. The van der Waals surface area contributed by atoms with E-state index < -0.39 is 87.2 Å². The lowest BCUT2D eigenvalue weighted by Gasteiger charge is -2.40. The van der Waals surface area contributed by atoms with Crippen molar-refractivity contribution >= 4 is 33.7 Å². The summed E-state index contributed by atoms with van der Waals surface area (Å²) in [6, 6.07) is -3.56. The smallest absolute Gasteiger partial charge is 0.315 e. The standard InChI is InChI=1S/C33H56F2N6O7S/c1-31(2,3)26(38-30(46)39-33(15-7-6-8-16-33)20-49(47,48)40(5)19-32(4,34)35)29(45)41-17-9-10-24(41)27(43)37-23(18-21-11-12-21)25(42)28(44)36-22-13-14-22/h21-24,26,28,36,44H,6-20H2,1-5H3,(H,37,43)(H2,38,39,46)/t23?,24-,26+,28?/m0/s1. The summed E-state index contributed by atoms with van der Waals surface area (Å²) in [4.78, 5) is 55.9. The van der Waals surface area contributed by atoms with Gasteiger partial charge in [-0.25, -0.2) is 22.0 Å². The molecule has 13 nitrogen and oxygen atoms in total. The zero-order valence-electron chi connectivity index (χ0n) is 29.5. The SMILES string of the molecule is CN(CC(C)(F)F)S(=O)(=O)CC1(NC(=O)N[C@H](C(=O)N2CCC[C@H]2C(=O)NC(CC2CC2)C(=O)C(O)NC2CC2)C(C)(C)C)CCCCC1. The van der Waals surface area contributed by atoms with E-state index in [0.29, 0.717) is 56.2 Å². The number of nitrogens with zero attached hydrogens (tertiary/aromatic N) is 2. The van der Waals surface area contributed by atoms with Gasteiger partial charge >= 0.3 is 6.03 Å². The number of aliphatic hydroxyl groups is 1. The van der Waals surface area contributed by atoms with Gasteiger partial charge in [-0.15, -0.1) is 0 Å². The second kappa shape index (κ2) is 15.4. The van der Waals surface area contributed by atoms with Crippen LogP contribution in [0.2, 0.25) is 0 Å². The third-order valence-electron chi connectivity index (χ3n) is 10.0. The van der Waals surface area contributed by atoms with E-state index in [4.69, 9.17) is 0 Å². The number of hydrogen-bond acceptors (Lipinski definition) is 8. The van der Waals surface area contributed by atoms with Crippen LogP contribution in [0, 0.1) is 11.3 Å². The largest absolute Gasteiger partial charge is 0.371 e. The van der Waals surface area contributed by atoms with Gasteiger partial charge < -0.3 is 26.0 Å². The Labute approximate surface area is 289 Å². The predicted molar refractivity (Wildman–Crippen MR) is 179 cm³/mol. The fourth-order valence-corrected chi connectivity index (χ4v) is 8.66. The maximum absolute atomic E-state index is 14.1. The third kappa shape index (κ3) is 11.3. The van der Waals surface area contributed by atoms with E-state index in [9.17, 15) is 41.5 Å². The molecule has 0 aromatic heterocycles. The van der Waals surface area contributed by atoms with Crippen molar-refractivity contribution in [3.8, 4) is 0 Å². The molecule has 49 heavy (non-hydrogen) atoms. The van der Waals surface area contributed by atoms with Crippen LogP contribution in [-0.4, -0.2) is 114 Å². The summed E-state index contributed by atoms with van der Waals surface area (Å²) >= 11 is 0. The molecular weight excluding hydrogens is 662 g/mol. The van der Waals surface area contributed by atoms with Crippen LogP contribution in [0.15, 0.2) is 0 Å². The van der Waals surface area contributed by atoms with Gasteiger partial charge in [0, 0.05) is 26.6 Å². The Bertz CT molecular complexity index is 1320. The minimum absolute atomic E-state index is 0.0889. The van der Waals surface area contributed by atoms with Crippen LogP contribution in [0.3, 0.4) is 0 Å². The number of aliphatic hydroxyl groups excluding tert-OH is 1. The van der Waals surface area contributed by atoms with Gasteiger partial charge in [-0.05, 0) is 56.3 Å². The first-order chi connectivity index (χ1) is 22.7. The van der Waals surface area contributed by atoms with Gasteiger partial charge in [0.15, 0.2) is 12.0 Å². The number of urea groups is 1. The average Bonchev–Trinajstić information content (AvgIpc) is 3.92. The van der Waals surface area contributed by atoms with Crippen molar-refractivity contribution in [3.63, 3.8) is 0 Å². The number of Topliss-reactive ketones (excluding diaryl/α,β-unsaturated/α-hetero) is 1. The summed E-state index contributed by atoms with van der Waals surface area (Å²) in [5, 5.41) is 21.8. The second-order valence-electron chi connectivity index (χ2n) is 16.0. The lowest BCUT2D eigenvalue weighted by Crippen LogP contribution is -2.63. The highest BCUT2D eigenvalue weighted by atomic mass is 32.2. The maximum Gasteiger partial charge on any atom is 0.315 e. The van der Waals surface area contributed by atoms with Crippen molar-refractivity contribution in [2.24, 2.45) is 11.3 Å². The van der Waals surface area contributed by atoms with Crippen molar-refractivity contribution in [1.29, 1.82) is 0 Å². The van der Waals surface area contributed by atoms with Crippen LogP contribution in [0.1, 0.15) is 105 Å². The van der Waals surface area contributed by atoms with Gasteiger partial charge in [-0.1, -0.05) is 52.9 Å². The normalized spacial score (nSPS) is 23.4. The molecule has 0 spiro atoms. The molecule has 0 aromatic carbocycles. The Hall–Kier alpha value is -2.43. The molecule has 1 heterocycles. The molecule has 4 atom stereocenters. The summed E-state index contributed by atoms with van der Waals surface area (Å²) in [7, 11) is -3.09. The first-order valence-electron chi connectivity index (χ1n) is 17.7. The first-order valence-corrected chi connectivity index (χ1v) is 19.3. The molecule has 4 fully saturated rings. The number of halogens is 2. The van der Waals surface area contributed by atoms with Crippen molar-refractivity contribution < 1.29 is 41.5 Å². The number of rotatable bonds is 16. The zero-order valence-corrected chi connectivity index (χ0v) is 30.3. The van der Waals surface area contributed by atoms with Crippen LogP contribution >= 0.6 is 0 Å². The second-order valence-corrected chi connectivity index (χ2v) is 18.1. The number of carbonyl (C=O) groups excluding carboxylic acids is 4. The van der Waals surface area contributed by atoms with Gasteiger partial charge in [-0.3, -0.25) is 19.7 Å². The van der Waals surface area contributed by atoms with Crippen molar-refractivity contribution in [2.45, 2.75) is 147 Å². The fourth-order valence-electron chi connectivity index (χ4n) is 6.96. The molecule has 2 unspecified atom stereocenters. The Balaban J connectivity index is 1.45. The van der Waals surface area contributed by atoms with Gasteiger partial charge in [0.05, 0.1) is 23.9 Å². The van der Waals surface area contributed by atoms with Crippen molar-refractivity contribution in [3.05, 3.63) is 0 Å². The van der Waals surface area contributed by atoms with Crippen LogP contribution < -0.4 is 21.3 Å². The topological polar surface area (TPSA) is 177 Å². The van der Waals surface area contributed by atoms with E-state index in [1.54, 1.807) is 20.8 Å². The molecule has 0 radical (unpaired) electrons. The van der Waals surface area contributed by atoms with Gasteiger partial charge in [0.1, 0.15) is 12.1 Å². The lowest BCUT2D eigenvalue weighted by atomic mass is 9.83. The summed E-state index contributed by atoms with van der Waals surface area (Å²) in [5.74, 6) is -4.99. The van der Waals surface area contributed by atoms with Gasteiger partial charge in [0.25, 0.3) is 5.92 Å². The first kappa shape index (κ1) is 39.4. The summed E-state index contributed by atoms with van der Waals surface area (Å²) < 4.78 is 54.3. The molecule has 3 saturated carbocycles. The third-order valence-corrected chi connectivity index (χ3v) is 12.0. The molecule has 5 N–H and O–H groups in total. The fraction of sp³-hybridized carbons (Fsp3) is 0.879. The van der Waals surface area contributed by atoms with E-state index in [2.05, 4.69) is 21.3 Å². The molecule has 280 valence electrons. The van der Waals surface area contributed by atoms with Gasteiger partial charge in [-0.2, -0.15) is 4.31 Å². The number of hydrogen-bond donors (Lipinski definition) is 5. The molecule has 1 aliphatic heterocycles. The van der Waals surface area contributed by atoms with Gasteiger partial charge in [0.2, 0.25) is 21.8 Å². The molecule has 4 rings (SSSR count). The minimum atomic E-state index is -4.18. The molecule has 4 amide bonds. The van der Waals surface area contributed by atoms with E-state index in [-0.39, 0.29) is 18.5 Å². The number of likely N-dealkylation sites (tertiary alicyclic amines) is 1. The van der Waals surface area contributed by atoms with E-state index in [1.807, 2.05) is 0 Å². The number of sulfonamides is 1. The highest BCUT2D eigenvalue weighted by Crippen LogP contribution is 2.35. The Morgan fingerprint density at radius 2 is 1.59 bits per heavy atom. The quantitative estimate of drug-likeness (QED) is 0.151. The molecule has 0 aromatic rings. The molecule has 16 heteroatoms. The number of carbonyl (C=O) groups is 4. The maximum atomic E-state index is 14.1. The van der Waals surface area contributed by atoms with Crippen LogP contribution in [0.5, 0.6) is 0 Å². The van der Waals surface area contributed by atoms with E-state index in [1.165, 1.54) is 4.90 Å². The summed E-state index contributed by atoms with van der Waals surface area (Å²) in [6.07, 6.45) is 6.30. The number of ketones is 1. The molecule has 0 bridgehead atoms. The molecular formula is C33H56F2N6O7S. The summed E-state index contributed by atoms with van der Waals surface area (Å²) in [6.45, 7) is 5.21. The Morgan fingerprint density at radius 3 is 2.14 bits per heavy atom. The van der Waals surface area contributed by atoms with Crippen molar-refractivity contribution in [2.75, 3.05) is 25.9 Å². The van der Waals surface area contributed by atoms with Crippen molar-refractivity contribution in [1.82, 2.24) is 30.5 Å². The predicted octanol–water partition coefficient (Wildman–Crippen LogP) is 2.24. The van der Waals surface area contributed by atoms with Crippen LogP contribution in [0.4, 0.5) is 13.6 Å². The van der Waals surface area contributed by atoms with E-state index >= 15 is 0 Å². The monoisotopic (exact) mass is 718 g/mol. The number of amides is 4. The highest BCUT2D eigenvalue weighted by Gasteiger charge is 2.46. The Kier molecular flexibility index (Phi) is 12.4. The summed E-state index contributed by atoms with van der Waals surface area (Å²) in [5.41, 5.74) is -2.04. The molecule has 1 saturated heterocycles. The number of alkyl halides is 2. The Morgan fingerprint density at radius 1 is 0.959 bits per heavy atom. The minimum Gasteiger partial charge on any atom is -0.371 e. The number of nitrogens with one attached hydrogen (secondary N) is 4. The molecule has 4 aliphatic rings. The van der Waals surface area contributed by atoms with Crippen LogP contribution in [-0.2, 0) is 24.4 Å². The van der Waals surface area contributed by atoms with E-state index in [0.717, 1.165) is 39.2 Å². The zero-order chi connectivity index (χ0) is 36.4. The van der Waals surface area contributed by atoms with Crippen LogP contribution in [0.25, 0.3) is 0 Å². The molecule has 3 aliphatic carbocycles. The average molecular weight is 719 g/mol.